The molecule has 1 aromatic heterocycles. The van der Waals surface area contributed by atoms with Gasteiger partial charge in [0.2, 0.25) is 0 Å². The van der Waals surface area contributed by atoms with Crippen LogP contribution in [0.1, 0.15) is 16.8 Å². The van der Waals surface area contributed by atoms with Crippen molar-refractivity contribution < 1.29 is 13.2 Å². The summed E-state index contributed by atoms with van der Waals surface area (Å²) >= 11 is 4.79. The molecule has 1 aliphatic carbocycles. The average molecular weight is 432 g/mol. The minimum absolute atomic E-state index is 0.263. The maximum atomic E-state index is 12.7. The van der Waals surface area contributed by atoms with Crippen molar-refractivity contribution in [1.82, 2.24) is 9.13 Å². The Morgan fingerprint density at radius 3 is 2.84 bits per heavy atom. The summed E-state index contributed by atoms with van der Waals surface area (Å²) in [5, 5.41) is 0.593. The SMILES string of the molecule is CSC1=N[C@@]2(Cc3ccc(Br)cc32)Cn2c1cn(CC(F)(F)F)c2=O. The molecule has 2 aromatic rings. The number of fused-ring (bicyclic) bond motifs is 3. The molecule has 132 valence electrons. The molecule has 4 nitrogen and oxygen atoms in total. The molecule has 9 heteroatoms. The predicted molar refractivity (Wildman–Crippen MR) is 94.3 cm³/mol. The van der Waals surface area contributed by atoms with Crippen LogP contribution in [-0.4, -0.2) is 26.6 Å². The Hall–Kier alpha value is -1.48. The first-order valence-corrected chi connectivity index (χ1v) is 9.54. The quantitative estimate of drug-likeness (QED) is 0.692. The van der Waals surface area contributed by atoms with Crippen molar-refractivity contribution in [3.05, 3.63) is 56.2 Å². The molecule has 2 aliphatic rings. The smallest absolute Gasteiger partial charge is 0.289 e. The number of aromatic nitrogens is 2. The monoisotopic (exact) mass is 431 g/mol. The number of nitrogens with zero attached hydrogens (tertiary/aromatic N) is 3. The molecule has 4 rings (SSSR count). The molecule has 1 atom stereocenters. The van der Waals surface area contributed by atoms with E-state index in [0.717, 1.165) is 20.2 Å². The van der Waals surface area contributed by atoms with E-state index in [-0.39, 0.29) is 6.54 Å². The fourth-order valence-electron chi connectivity index (χ4n) is 3.54. The van der Waals surface area contributed by atoms with Crippen molar-refractivity contribution in [2.45, 2.75) is 31.2 Å². The topological polar surface area (TPSA) is 39.3 Å². The lowest BCUT2D eigenvalue weighted by molar-refractivity contribution is -0.141. The molecule has 1 aromatic carbocycles. The molecule has 0 unspecified atom stereocenters. The molecule has 25 heavy (non-hydrogen) atoms. The van der Waals surface area contributed by atoms with E-state index in [1.54, 1.807) is 0 Å². The molecule has 0 bridgehead atoms. The number of alkyl halides is 3. The minimum atomic E-state index is -4.44. The van der Waals surface area contributed by atoms with Gasteiger partial charge in [-0.2, -0.15) is 13.2 Å². The number of imidazole rings is 1. The Kier molecular flexibility index (Phi) is 3.74. The number of aliphatic imine (C=N–C) groups is 1. The van der Waals surface area contributed by atoms with Gasteiger partial charge < -0.3 is 0 Å². The number of hydrogen-bond donors (Lipinski definition) is 0. The molecule has 0 saturated carbocycles. The van der Waals surface area contributed by atoms with Gasteiger partial charge in [-0.25, -0.2) is 4.79 Å². The van der Waals surface area contributed by atoms with Crippen molar-refractivity contribution in [2.24, 2.45) is 4.99 Å². The third-order valence-corrected chi connectivity index (χ3v) is 5.78. The van der Waals surface area contributed by atoms with E-state index in [4.69, 9.17) is 4.99 Å². The van der Waals surface area contributed by atoms with E-state index < -0.39 is 23.9 Å². The maximum absolute atomic E-state index is 12.7. The Balaban J connectivity index is 1.81. The highest BCUT2D eigenvalue weighted by molar-refractivity contribution is 9.10. The van der Waals surface area contributed by atoms with Crippen LogP contribution in [0.25, 0.3) is 0 Å². The van der Waals surface area contributed by atoms with Crippen LogP contribution in [0.15, 0.2) is 38.7 Å². The van der Waals surface area contributed by atoms with Crippen LogP contribution in [0, 0.1) is 0 Å². The second-order valence-corrected chi connectivity index (χ2v) is 7.97. The Bertz CT molecular complexity index is 963. The van der Waals surface area contributed by atoms with Gasteiger partial charge in [0.15, 0.2) is 0 Å². The van der Waals surface area contributed by atoms with Gasteiger partial charge in [0.05, 0.1) is 12.2 Å². The zero-order valence-electron chi connectivity index (χ0n) is 13.1. The third-order valence-electron chi connectivity index (χ3n) is 4.60. The lowest BCUT2D eigenvalue weighted by Gasteiger charge is -2.43. The van der Waals surface area contributed by atoms with E-state index in [9.17, 15) is 18.0 Å². The van der Waals surface area contributed by atoms with Gasteiger partial charge >= 0.3 is 11.9 Å². The van der Waals surface area contributed by atoms with Gasteiger partial charge in [-0.3, -0.25) is 14.1 Å². The van der Waals surface area contributed by atoms with Crippen LogP contribution in [0.4, 0.5) is 13.2 Å². The molecule has 0 saturated heterocycles. The van der Waals surface area contributed by atoms with Crippen LogP contribution in [0.2, 0.25) is 0 Å². The normalized spacial score (nSPS) is 21.6. The molecule has 2 heterocycles. The number of thioether (sulfide) groups is 1. The molecule has 0 amide bonds. The predicted octanol–water partition coefficient (Wildman–Crippen LogP) is 3.55. The Morgan fingerprint density at radius 2 is 2.16 bits per heavy atom. The van der Waals surface area contributed by atoms with Gasteiger partial charge in [-0.15, -0.1) is 11.8 Å². The van der Waals surface area contributed by atoms with Gasteiger partial charge in [0.25, 0.3) is 0 Å². The number of hydrogen-bond acceptors (Lipinski definition) is 3. The Morgan fingerprint density at radius 1 is 1.40 bits per heavy atom. The zero-order valence-corrected chi connectivity index (χ0v) is 15.5. The van der Waals surface area contributed by atoms with E-state index in [2.05, 4.69) is 15.9 Å². The van der Waals surface area contributed by atoms with Crippen molar-refractivity contribution in [1.29, 1.82) is 0 Å². The first-order valence-electron chi connectivity index (χ1n) is 7.52. The van der Waals surface area contributed by atoms with Crippen LogP contribution in [-0.2, 0) is 25.0 Å². The van der Waals surface area contributed by atoms with Crippen LogP contribution >= 0.6 is 27.7 Å². The van der Waals surface area contributed by atoms with Gasteiger partial charge in [0.1, 0.15) is 17.1 Å². The molecule has 0 fully saturated rings. The first-order chi connectivity index (χ1) is 11.7. The van der Waals surface area contributed by atoms with Crippen LogP contribution < -0.4 is 5.69 Å². The summed E-state index contributed by atoms with van der Waals surface area (Å²) in [6, 6.07) is 5.93. The summed E-state index contributed by atoms with van der Waals surface area (Å²) in [6.07, 6.45) is -0.688. The van der Waals surface area contributed by atoms with Gasteiger partial charge in [0, 0.05) is 17.1 Å². The third kappa shape index (κ3) is 2.68. The lowest BCUT2D eigenvalue weighted by Crippen LogP contribution is -2.47. The summed E-state index contributed by atoms with van der Waals surface area (Å²) < 4.78 is 41.2. The summed E-state index contributed by atoms with van der Waals surface area (Å²) in [4.78, 5) is 17.3. The molecular formula is C16H13BrF3N3OS. The van der Waals surface area contributed by atoms with Crippen LogP contribution in [0.5, 0.6) is 0 Å². The van der Waals surface area contributed by atoms with Gasteiger partial charge in [-0.1, -0.05) is 22.0 Å². The second-order valence-electron chi connectivity index (χ2n) is 6.26. The fourth-order valence-corrected chi connectivity index (χ4v) is 4.54. The van der Waals surface area contributed by atoms with Crippen molar-refractivity contribution >= 4 is 32.7 Å². The lowest BCUT2D eigenvalue weighted by atomic mass is 9.70. The van der Waals surface area contributed by atoms with Crippen LogP contribution in [0.3, 0.4) is 0 Å². The standard InChI is InChI=1S/C16H13BrF3N3OS/c1-25-13-12-6-22(8-16(18,19)20)14(24)23(12)7-15(21-13)5-9-2-3-10(17)4-11(9)15/h2-4,6H,5,7-8H2,1H3/t15-/m0/s1. The van der Waals surface area contributed by atoms with Crippen molar-refractivity contribution in [3.63, 3.8) is 0 Å². The largest absolute Gasteiger partial charge is 0.406 e. The van der Waals surface area contributed by atoms with E-state index in [1.807, 2.05) is 24.5 Å². The first kappa shape index (κ1) is 17.0. The molecule has 0 radical (unpaired) electrons. The summed E-state index contributed by atoms with van der Waals surface area (Å²) in [5.41, 5.74) is 1.42. The number of benzene rings is 1. The maximum Gasteiger partial charge on any atom is 0.406 e. The van der Waals surface area contributed by atoms with E-state index >= 15 is 0 Å². The Labute approximate surface area is 153 Å². The summed E-state index contributed by atoms with van der Waals surface area (Å²) in [5.74, 6) is 0. The highest BCUT2D eigenvalue weighted by Gasteiger charge is 2.47. The van der Waals surface area contributed by atoms with E-state index in [1.165, 1.54) is 22.5 Å². The molecule has 0 N–H and O–H groups in total. The fraction of sp³-hybridized carbons (Fsp3) is 0.375. The van der Waals surface area contributed by atoms with E-state index in [0.29, 0.717) is 17.2 Å². The van der Waals surface area contributed by atoms with Gasteiger partial charge in [-0.05, 0) is 29.5 Å². The van der Waals surface area contributed by atoms with Crippen molar-refractivity contribution in [3.8, 4) is 0 Å². The highest BCUT2D eigenvalue weighted by atomic mass is 79.9. The molecule has 1 spiro atoms. The molecular weight excluding hydrogens is 419 g/mol. The summed E-state index contributed by atoms with van der Waals surface area (Å²) in [7, 11) is 0. The van der Waals surface area contributed by atoms with Crippen molar-refractivity contribution in [2.75, 3.05) is 6.26 Å². The summed E-state index contributed by atoms with van der Waals surface area (Å²) in [6.45, 7) is -1.03. The second kappa shape index (κ2) is 5.51. The number of rotatable bonds is 1. The minimum Gasteiger partial charge on any atom is -0.289 e. The highest BCUT2D eigenvalue weighted by Crippen LogP contribution is 2.47. The molecule has 1 aliphatic heterocycles. The average Bonchev–Trinajstić information content (AvgIpc) is 2.82. The number of halogens is 4. The zero-order chi connectivity index (χ0) is 18.0.